The van der Waals surface area contributed by atoms with Gasteiger partial charge in [0.15, 0.2) is 0 Å². The third kappa shape index (κ3) is 1.96. The van der Waals surface area contributed by atoms with Crippen molar-refractivity contribution in [1.82, 2.24) is 9.55 Å². The Morgan fingerprint density at radius 3 is 2.60 bits per heavy atom. The fraction of sp³-hybridized carbons (Fsp3) is 0.167. The zero-order valence-electron chi connectivity index (χ0n) is 8.50. The third-order valence-corrected chi connectivity index (χ3v) is 2.53. The lowest BCUT2D eigenvalue weighted by atomic mass is 10.1. The zero-order valence-corrected chi connectivity index (χ0v) is 8.50. The number of aromatic nitrogens is 2. The number of nitrogens with zero attached hydrogens (tertiary/aromatic N) is 2. The summed E-state index contributed by atoms with van der Waals surface area (Å²) in [6, 6.07) is 7.84. The van der Waals surface area contributed by atoms with E-state index in [-0.39, 0.29) is 6.04 Å². The molecule has 1 heterocycles. The van der Waals surface area contributed by atoms with Crippen LogP contribution < -0.4 is 0 Å². The summed E-state index contributed by atoms with van der Waals surface area (Å²) in [5.41, 5.74) is 1.87. The lowest BCUT2D eigenvalue weighted by Gasteiger charge is -2.13. The third-order valence-electron chi connectivity index (χ3n) is 2.53. The molecule has 1 unspecified atom stereocenters. The molecule has 0 aliphatic heterocycles. The average molecular weight is 200 g/mol. The Morgan fingerprint density at radius 2 is 2.07 bits per heavy atom. The van der Waals surface area contributed by atoms with E-state index < -0.39 is 0 Å². The first-order valence-electron chi connectivity index (χ1n) is 4.84. The van der Waals surface area contributed by atoms with Crippen molar-refractivity contribution in [1.29, 1.82) is 0 Å². The lowest BCUT2D eigenvalue weighted by molar-refractivity contribution is 0.112. The molecule has 1 aromatic carbocycles. The van der Waals surface area contributed by atoms with Crippen LogP contribution in [0.5, 0.6) is 0 Å². The molecular weight excluding hydrogens is 188 g/mol. The second kappa shape index (κ2) is 4.09. The molecule has 0 aliphatic rings. The molecule has 0 radical (unpaired) electrons. The van der Waals surface area contributed by atoms with Crippen molar-refractivity contribution in [2.75, 3.05) is 0 Å². The smallest absolute Gasteiger partial charge is 0.150 e. The minimum Gasteiger partial charge on any atom is -0.330 e. The van der Waals surface area contributed by atoms with Gasteiger partial charge in [0.05, 0.1) is 12.4 Å². The van der Waals surface area contributed by atoms with E-state index in [1.54, 1.807) is 12.5 Å². The van der Waals surface area contributed by atoms with E-state index in [0.717, 1.165) is 6.29 Å². The molecule has 0 saturated heterocycles. The van der Waals surface area contributed by atoms with Crippen LogP contribution in [0.15, 0.2) is 43.0 Å². The van der Waals surface area contributed by atoms with Crippen LogP contribution in [0.1, 0.15) is 28.9 Å². The Labute approximate surface area is 88.4 Å². The highest BCUT2D eigenvalue weighted by Crippen LogP contribution is 2.17. The lowest BCUT2D eigenvalue weighted by Crippen LogP contribution is -2.03. The summed E-state index contributed by atoms with van der Waals surface area (Å²) in [5.74, 6) is 0. The molecule has 2 aromatic rings. The maximum atomic E-state index is 10.5. The van der Waals surface area contributed by atoms with Crippen LogP contribution >= 0.6 is 0 Å². The molecule has 0 aliphatic carbocycles. The summed E-state index contributed by atoms with van der Waals surface area (Å²) in [7, 11) is 0. The van der Waals surface area contributed by atoms with E-state index >= 15 is 0 Å². The molecule has 0 spiro atoms. The molecule has 15 heavy (non-hydrogen) atoms. The summed E-state index contributed by atoms with van der Waals surface area (Å²) < 4.78 is 2.02. The Kier molecular flexibility index (Phi) is 2.63. The van der Waals surface area contributed by atoms with Crippen LogP contribution in [0.3, 0.4) is 0 Å². The highest BCUT2D eigenvalue weighted by molar-refractivity contribution is 5.74. The molecule has 0 fully saturated rings. The van der Waals surface area contributed by atoms with Gasteiger partial charge in [0.25, 0.3) is 0 Å². The first-order valence-corrected chi connectivity index (χ1v) is 4.84. The van der Waals surface area contributed by atoms with Gasteiger partial charge in [-0.2, -0.15) is 0 Å². The Bertz CT molecular complexity index is 431. The molecule has 2 rings (SSSR count). The normalized spacial score (nSPS) is 12.3. The first-order chi connectivity index (χ1) is 7.31. The van der Waals surface area contributed by atoms with Gasteiger partial charge in [-0.15, -0.1) is 0 Å². The maximum absolute atomic E-state index is 10.5. The van der Waals surface area contributed by atoms with Gasteiger partial charge in [0.1, 0.15) is 6.29 Å². The predicted molar refractivity (Wildman–Crippen MR) is 57.9 cm³/mol. The minimum absolute atomic E-state index is 0.244. The van der Waals surface area contributed by atoms with Gasteiger partial charge in [-0.1, -0.05) is 24.3 Å². The summed E-state index contributed by atoms with van der Waals surface area (Å²) in [4.78, 5) is 14.5. The Morgan fingerprint density at radius 1 is 1.33 bits per heavy atom. The van der Waals surface area contributed by atoms with E-state index in [1.165, 1.54) is 5.56 Å². The molecule has 3 heteroatoms. The molecule has 0 bridgehead atoms. The molecule has 0 amide bonds. The van der Waals surface area contributed by atoms with Crippen molar-refractivity contribution >= 4 is 6.29 Å². The van der Waals surface area contributed by atoms with Crippen LogP contribution in [0.4, 0.5) is 0 Å². The van der Waals surface area contributed by atoms with Gasteiger partial charge in [-0.05, 0) is 12.5 Å². The predicted octanol–water partition coefficient (Wildman–Crippen LogP) is 2.30. The Hall–Kier alpha value is -1.90. The summed E-state index contributed by atoms with van der Waals surface area (Å²) >= 11 is 0. The van der Waals surface area contributed by atoms with Crippen LogP contribution in [-0.2, 0) is 0 Å². The SMILES string of the molecule is CC(c1ccc(C=O)cc1)n1ccnc1. The molecular formula is C12H12N2O. The number of hydrogen-bond donors (Lipinski definition) is 0. The molecule has 76 valence electrons. The molecule has 0 saturated carbocycles. The molecule has 3 nitrogen and oxygen atoms in total. The van der Waals surface area contributed by atoms with Crippen molar-refractivity contribution in [3.8, 4) is 0 Å². The minimum atomic E-state index is 0.244. The number of carbonyl (C=O) groups excluding carboxylic acids is 1. The van der Waals surface area contributed by atoms with Crippen LogP contribution in [0, 0.1) is 0 Å². The standard InChI is InChI=1S/C12H12N2O/c1-10(14-7-6-13-9-14)12-4-2-11(8-15)3-5-12/h2-10H,1H3. The van der Waals surface area contributed by atoms with Gasteiger partial charge >= 0.3 is 0 Å². The molecule has 0 N–H and O–H groups in total. The van der Waals surface area contributed by atoms with Gasteiger partial charge in [-0.3, -0.25) is 4.79 Å². The quantitative estimate of drug-likeness (QED) is 0.712. The average Bonchev–Trinajstić information content (AvgIpc) is 2.82. The highest BCUT2D eigenvalue weighted by atomic mass is 16.1. The van der Waals surface area contributed by atoms with Crippen LogP contribution in [-0.4, -0.2) is 15.8 Å². The summed E-state index contributed by atoms with van der Waals surface area (Å²) in [6.45, 7) is 2.09. The van der Waals surface area contributed by atoms with Gasteiger partial charge in [0, 0.05) is 18.0 Å². The Balaban J connectivity index is 2.26. The van der Waals surface area contributed by atoms with Gasteiger partial charge in [-0.25, -0.2) is 4.98 Å². The number of aldehydes is 1. The fourth-order valence-corrected chi connectivity index (χ4v) is 1.52. The monoisotopic (exact) mass is 200 g/mol. The van der Waals surface area contributed by atoms with Crippen molar-refractivity contribution in [2.24, 2.45) is 0 Å². The van der Waals surface area contributed by atoms with Crippen LogP contribution in [0.25, 0.3) is 0 Å². The van der Waals surface area contributed by atoms with E-state index in [0.29, 0.717) is 5.56 Å². The second-order valence-electron chi connectivity index (χ2n) is 3.47. The van der Waals surface area contributed by atoms with Crippen molar-refractivity contribution in [3.05, 3.63) is 54.1 Å². The van der Waals surface area contributed by atoms with Gasteiger partial charge < -0.3 is 4.57 Å². The molecule has 1 aromatic heterocycles. The number of hydrogen-bond acceptors (Lipinski definition) is 2. The van der Waals surface area contributed by atoms with Gasteiger partial charge in [0.2, 0.25) is 0 Å². The summed E-state index contributed by atoms with van der Waals surface area (Å²) in [6.07, 6.45) is 6.33. The topological polar surface area (TPSA) is 34.9 Å². The van der Waals surface area contributed by atoms with Crippen molar-refractivity contribution < 1.29 is 4.79 Å². The fourth-order valence-electron chi connectivity index (χ4n) is 1.52. The largest absolute Gasteiger partial charge is 0.330 e. The first kappa shape index (κ1) is 9.65. The number of benzene rings is 1. The number of rotatable bonds is 3. The highest BCUT2D eigenvalue weighted by Gasteiger charge is 2.05. The van der Waals surface area contributed by atoms with E-state index in [1.807, 2.05) is 35.0 Å². The summed E-state index contributed by atoms with van der Waals surface area (Å²) in [5, 5.41) is 0. The van der Waals surface area contributed by atoms with Crippen LogP contribution in [0.2, 0.25) is 0 Å². The number of carbonyl (C=O) groups is 1. The number of imidazole rings is 1. The van der Waals surface area contributed by atoms with Crippen molar-refractivity contribution in [3.63, 3.8) is 0 Å². The second-order valence-corrected chi connectivity index (χ2v) is 3.47. The zero-order chi connectivity index (χ0) is 10.7. The van der Waals surface area contributed by atoms with E-state index in [4.69, 9.17) is 0 Å². The maximum Gasteiger partial charge on any atom is 0.150 e. The van der Waals surface area contributed by atoms with E-state index in [2.05, 4.69) is 11.9 Å². The van der Waals surface area contributed by atoms with E-state index in [9.17, 15) is 4.79 Å². The molecule has 1 atom stereocenters. The van der Waals surface area contributed by atoms with Crippen molar-refractivity contribution in [2.45, 2.75) is 13.0 Å².